The van der Waals surface area contributed by atoms with E-state index in [0.717, 1.165) is 0 Å². The highest BCUT2D eigenvalue weighted by Crippen LogP contribution is 2.42. The summed E-state index contributed by atoms with van der Waals surface area (Å²) in [5.74, 6) is 0. The van der Waals surface area contributed by atoms with Gasteiger partial charge in [0.05, 0.1) is 0 Å². The first-order valence-corrected chi connectivity index (χ1v) is 7.26. The van der Waals surface area contributed by atoms with Gasteiger partial charge in [-0.3, -0.25) is 0 Å². The normalized spacial score (nSPS) is 13.8. The second kappa shape index (κ2) is 3.44. The van der Waals surface area contributed by atoms with Crippen molar-refractivity contribution in [3.8, 4) is 0 Å². The Labute approximate surface area is 73.2 Å². The molecule has 4 heteroatoms. The Balaban J connectivity index is 4.10. The maximum Gasteiger partial charge on any atom is 0.395 e. The fourth-order valence-electron chi connectivity index (χ4n) is 0.398. The quantitative estimate of drug-likeness (QED) is 0.492. The highest BCUT2D eigenvalue weighted by Gasteiger charge is 2.44. The maximum atomic E-state index is 5.99. The van der Waals surface area contributed by atoms with Gasteiger partial charge >= 0.3 is 6.94 Å². The Morgan fingerprint density at radius 3 is 1.80 bits per heavy atom. The van der Waals surface area contributed by atoms with Gasteiger partial charge in [0.2, 0.25) is 0 Å². The van der Waals surface area contributed by atoms with Gasteiger partial charge in [0, 0.05) is 11.6 Å². The van der Waals surface area contributed by atoms with Gasteiger partial charge < -0.3 is 4.43 Å². The summed E-state index contributed by atoms with van der Waals surface area (Å²) in [6, 6.07) is 0. The SMILES string of the molecule is CCO[Si](Cl)(Cl)C(C)(C)C. The fourth-order valence-corrected chi connectivity index (χ4v) is 1.85. The smallest absolute Gasteiger partial charge is 0.392 e. The molecule has 62 valence electrons. The zero-order valence-electron chi connectivity index (χ0n) is 6.87. The van der Waals surface area contributed by atoms with Crippen LogP contribution in [-0.4, -0.2) is 13.5 Å². The van der Waals surface area contributed by atoms with Crippen LogP contribution in [0.25, 0.3) is 0 Å². The van der Waals surface area contributed by atoms with Crippen LogP contribution in [0.15, 0.2) is 0 Å². The van der Waals surface area contributed by atoms with Crippen molar-refractivity contribution in [2.24, 2.45) is 0 Å². The molecule has 0 amide bonds. The predicted octanol–water partition coefficient (Wildman–Crippen LogP) is 3.24. The summed E-state index contributed by atoms with van der Waals surface area (Å²) in [7, 11) is 0. The second-order valence-electron chi connectivity index (χ2n) is 3.20. The summed E-state index contributed by atoms with van der Waals surface area (Å²) in [6.45, 7) is 6.02. The van der Waals surface area contributed by atoms with Crippen molar-refractivity contribution >= 4 is 29.1 Å². The first-order chi connectivity index (χ1) is 4.31. The molecule has 0 aromatic heterocycles. The van der Waals surface area contributed by atoms with Crippen LogP contribution in [0.1, 0.15) is 27.7 Å². The van der Waals surface area contributed by atoms with Crippen molar-refractivity contribution in [1.82, 2.24) is 0 Å². The minimum Gasteiger partial charge on any atom is -0.392 e. The minimum absolute atomic E-state index is 0.105. The number of halogens is 2. The Morgan fingerprint density at radius 1 is 1.30 bits per heavy atom. The number of hydrogen-bond donors (Lipinski definition) is 0. The molecular weight excluding hydrogens is 187 g/mol. The summed E-state index contributed by atoms with van der Waals surface area (Å²) in [6.07, 6.45) is 0. The molecule has 0 spiro atoms. The Bertz CT molecular complexity index is 109. The van der Waals surface area contributed by atoms with E-state index >= 15 is 0 Å². The van der Waals surface area contributed by atoms with Crippen molar-refractivity contribution in [1.29, 1.82) is 0 Å². The molecule has 0 bridgehead atoms. The first kappa shape index (κ1) is 10.8. The monoisotopic (exact) mass is 200 g/mol. The summed E-state index contributed by atoms with van der Waals surface area (Å²) >= 11 is 12.0. The van der Waals surface area contributed by atoms with Gasteiger partial charge in [0.1, 0.15) is 0 Å². The average Bonchev–Trinajstić information content (AvgIpc) is 1.61. The largest absolute Gasteiger partial charge is 0.395 e. The lowest BCUT2D eigenvalue weighted by Crippen LogP contribution is -2.35. The zero-order valence-corrected chi connectivity index (χ0v) is 9.38. The lowest BCUT2D eigenvalue weighted by Gasteiger charge is -2.29. The zero-order chi connectivity index (χ0) is 8.41. The molecule has 10 heavy (non-hydrogen) atoms. The molecule has 0 aliphatic rings. The van der Waals surface area contributed by atoms with Crippen LogP contribution < -0.4 is 0 Å². The minimum atomic E-state index is -2.46. The van der Waals surface area contributed by atoms with Crippen LogP contribution in [0.5, 0.6) is 0 Å². The molecule has 0 fully saturated rings. The molecule has 1 nitrogen and oxygen atoms in total. The van der Waals surface area contributed by atoms with Gasteiger partial charge in [-0.1, -0.05) is 20.8 Å². The van der Waals surface area contributed by atoms with Crippen molar-refractivity contribution in [2.75, 3.05) is 6.61 Å². The molecule has 0 radical (unpaired) electrons. The van der Waals surface area contributed by atoms with E-state index in [1.165, 1.54) is 0 Å². The molecule has 0 unspecified atom stereocenters. The van der Waals surface area contributed by atoms with Crippen molar-refractivity contribution in [2.45, 2.75) is 32.7 Å². The summed E-state index contributed by atoms with van der Waals surface area (Å²) in [5, 5.41) is -0.105. The van der Waals surface area contributed by atoms with Gasteiger partial charge in [0.15, 0.2) is 0 Å². The molecule has 0 aromatic rings. The third-order valence-electron chi connectivity index (χ3n) is 1.20. The predicted molar refractivity (Wildman–Crippen MR) is 48.8 cm³/mol. The number of hydrogen-bond acceptors (Lipinski definition) is 1. The van der Waals surface area contributed by atoms with Crippen LogP contribution in [0.4, 0.5) is 0 Å². The van der Waals surface area contributed by atoms with Gasteiger partial charge in [-0.2, -0.15) is 0 Å². The van der Waals surface area contributed by atoms with E-state index in [4.69, 9.17) is 26.6 Å². The van der Waals surface area contributed by atoms with E-state index in [2.05, 4.69) is 0 Å². The molecule has 0 saturated heterocycles. The van der Waals surface area contributed by atoms with Gasteiger partial charge in [0.25, 0.3) is 0 Å². The molecule has 0 atom stereocenters. The average molecular weight is 201 g/mol. The van der Waals surface area contributed by atoms with E-state index in [1.54, 1.807) is 0 Å². The van der Waals surface area contributed by atoms with Gasteiger partial charge in [-0.15, -0.1) is 22.2 Å². The molecule has 0 aliphatic heterocycles. The third kappa shape index (κ3) is 2.78. The van der Waals surface area contributed by atoms with E-state index in [1.807, 2.05) is 27.7 Å². The molecule has 0 aliphatic carbocycles. The lowest BCUT2D eigenvalue weighted by atomic mass is 10.3. The third-order valence-corrected chi connectivity index (χ3v) is 7.65. The van der Waals surface area contributed by atoms with Gasteiger partial charge in [-0.05, 0) is 6.92 Å². The standard InChI is InChI=1S/C6H14Cl2OSi/c1-5-9-10(7,8)6(2,3)4/h5H2,1-4H3. The van der Waals surface area contributed by atoms with Crippen LogP contribution in [0.3, 0.4) is 0 Å². The summed E-state index contributed by atoms with van der Waals surface area (Å²) < 4.78 is 5.26. The molecule has 0 rings (SSSR count). The lowest BCUT2D eigenvalue weighted by molar-refractivity contribution is 0.329. The van der Waals surface area contributed by atoms with E-state index < -0.39 is 6.94 Å². The Hall–Kier alpha value is 0.757. The molecule has 0 aromatic carbocycles. The molecule has 0 heterocycles. The maximum absolute atomic E-state index is 5.99. The first-order valence-electron chi connectivity index (χ1n) is 3.33. The van der Waals surface area contributed by atoms with Gasteiger partial charge in [-0.25, -0.2) is 0 Å². The highest BCUT2D eigenvalue weighted by atomic mass is 35.7. The van der Waals surface area contributed by atoms with Crippen LogP contribution in [0, 0.1) is 0 Å². The molecular formula is C6H14Cl2OSi. The van der Waals surface area contributed by atoms with Crippen molar-refractivity contribution < 1.29 is 4.43 Å². The summed E-state index contributed by atoms with van der Waals surface area (Å²) in [5.41, 5.74) is 0. The van der Waals surface area contributed by atoms with Crippen LogP contribution in [-0.2, 0) is 4.43 Å². The van der Waals surface area contributed by atoms with Crippen molar-refractivity contribution in [3.05, 3.63) is 0 Å². The number of rotatable bonds is 2. The Morgan fingerprint density at radius 2 is 1.70 bits per heavy atom. The topological polar surface area (TPSA) is 9.23 Å². The fraction of sp³-hybridized carbons (Fsp3) is 1.00. The van der Waals surface area contributed by atoms with Crippen molar-refractivity contribution in [3.63, 3.8) is 0 Å². The van der Waals surface area contributed by atoms with Crippen LogP contribution >= 0.6 is 22.2 Å². The molecule has 0 saturated carbocycles. The van der Waals surface area contributed by atoms with E-state index in [0.29, 0.717) is 6.61 Å². The van der Waals surface area contributed by atoms with E-state index in [-0.39, 0.29) is 5.04 Å². The highest BCUT2D eigenvalue weighted by molar-refractivity contribution is 7.43. The van der Waals surface area contributed by atoms with Crippen LogP contribution in [0.2, 0.25) is 5.04 Å². The molecule has 0 N–H and O–H groups in total. The Kier molecular flexibility index (Phi) is 3.70. The summed E-state index contributed by atoms with van der Waals surface area (Å²) in [4.78, 5) is 0. The van der Waals surface area contributed by atoms with E-state index in [9.17, 15) is 0 Å². The second-order valence-corrected chi connectivity index (χ2v) is 9.80.